The van der Waals surface area contributed by atoms with Crippen molar-refractivity contribution in [3.05, 3.63) is 58.9 Å². The molecular weight excluding hydrogens is 255 g/mol. The summed E-state index contributed by atoms with van der Waals surface area (Å²) in [5, 5.41) is 9.72. The topological polar surface area (TPSA) is 29.5 Å². The van der Waals surface area contributed by atoms with Gasteiger partial charge in [0.15, 0.2) is 0 Å². The summed E-state index contributed by atoms with van der Waals surface area (Å²) in [5.41, 5.74) is 3.17. The van der Waals surface area contributed by atoms with Crippen LogP contribution in [0, 0.1) is 5.82 Å². The molecule has 0 saturated heterocycles. The minimum atomic E-state index is -0.768. The predicted molar refractivity (Wildman–Crippen MR) is 75.6 cm³/mol. The quantitative estimate of drug-likeness (QED) is 0.909. The lowest BCUT2D eigenvalue weighted by molar-refractivity contribution is 0.195. The van der Waals surface area contributed by atoms with Gasteiger partial charge in [-0.2, -0.15) is 0 Å². The number of fused-ring (bicyclic) bond motifs is 1. The highest BCUT2D eigenvalue weighted by Crippen LogP contribution is 2.32. The molecule has 104 valence electrons. The maximum Gasteiger partial charge on any atom is 0.133 e. The summed E-state index contributed by atoms with van der Waals surface area (Å²) in [5.74, 6) is 0.862. The number of rotatable bonds is 3. The van der Waals surface area contributed by atoms with Crippen LogP contribution in [-0.2, 0) is 12.8 Å². The van der Waals surface area contributed by atoms with Gasteiger partial charge >= 0.3 is 0 Å². The van der Waals surface area contributed by atoms with Gasteiger partial charge in [0.25, 0.3) is 0 Å². The maximum absolute atomic E-state index is 13.3. The number of aliphatic hydroxyl groups is 1. The molecule has 3 heteroatoms. The Bertz CT molecular complexity index is 635. The van der Waals surface area contributed by atoms with Gasteiger partial charge in [-0.1, -0.05) is 6.07 Å². The van der Waals surface area contributed by atoms with Crippen molar-refractivity contribution in [1.82, 2.24) is 0 Å². The second kappa shape index (κ2) is 5.25. The molecule has 0 radical (unpaired) electrons. The Kier molecular flexibility index (Phi) is 3.45. The Hall–Kier alpha value is -1.87. The Morgan fingerprint density at radius 2 is 1.90 bits per heavy atom. The molecule has 1 aliphatic carbocycles. The van der Waals surface area contributed by atoms with Crippen molar-refractivity contribution in [3.8, 4) is 11.5 Å². The zero-order chi connectivity index (χ0) is 14.1. The smallest absolute Gasteiger partial charge is 0.133 e. The van der Waals surface area contributed by atoms with Crippen molar-refractivity contribution in [3.63, 3.8) is 0 Å². The lowest BCUT2D eigenvalue weighted by atomic mass is 10.1. The van der Waals surface area contributed by atoms with Crippen LogP contribution in [0.5, 0.6) is 11.5 Å². The van der Waals surface area contributed by atoms with Crippen molar-refractivity contribution in [2.45, 2.75) is 32.3 Å². The maximum atomic E-state index is 13.3. The molecule has 3 rings (SSSR count). The first kappa shape index (κ1) is 13.1. The summed E-state index contributed by atoms with van der Waals surface area (Å²) in [7, 11) is 0. The lowest BCUT2D eigenvalue weighted by Gasteiger charge is -2.14. The fourth-order valence-electron chi connectivity index (χ4n) is 2.68. The minimum Gasteiger partial charge on any atom is -0.457 e. The Morgan fingerprint density at radius 3 is 2.70 bits per heavy atom. The Balaban J connectivity index is 1.91. The summed E-state index contributed by atoms with van der Waals surface area (Å²) in [6.07, 6.45) is 2.63. The van der Waals surface area contributed by atoms with Crippen LogP contribution in [0.4, 0.5) is 4.39 Å². The highest BCUT2D eigenvalue weighted by Gasteiger charge is 2.14. The number of hydrogen-bond donors (Lipinski definition) is 1. The average molecular weight is 272 g/mol. The van der Waals surface area contributed by atoms with Crippen molar-refractivity contribution in [2.24, 2.45) is 0 Å². The van der Waals surface area contributed by atoms with Gasteiger partial charge in [0.1, 0.15) is 17.3 Å². The van der Waals surface area contributed by atoms with Gasteiger partial charge in [-0.25, -0.2) is 4.39 Å². The largest absolute Gasteiger partial charge is 0.457 e. The summed E-state index contributed by atoms with van der Waals surface area (Å²) in [6, 6.07) is 10.3. The van der Waals surface area contributed by atoms with Crippen LogP contribution in [0.25, 0.3) is 0 Å². The number of ether oxygens (including phenoxy) is 1. The van der Waals surface area contributed by atoms with E-state index in [-0.39, 0.29) is 5.82 Å². The third kappa shape index (κ3) is 2.54. The summed E-state index contributed by atoms with van der Waals surface area (Å²) < 4.78 is 19.1. The van der Waals surface area contributed by atoms with Crippen molar-refractivity contribution in [1.29, 1.82) is 0 Å². The van der Waals surface area contributed by atoms with Crippen molar-refractivity contribution < 1.29 is 14.2 Å². The SMILES string of the molecule is C[C@@H](O)c1cc(F)ccc1Oc1ccc2c(c1)CCC2. The molecule has 2 nitrogen and oxygen atoms in total. The van der Waals surface area contributed by atoms with E-state index in [4.69, 9.17) is 4.74 Å². The average Bonchev–Trinajstić information content (AvgIpc) is 2.88. The monoisotopic (exact) mass is 272 g/mol. The summed E-state index contributed by atoms with van der Waals surface area (Å²) >= 11 is 0. The van der Waals surface area contributed by atoms with Gasteiger partial charge in [-0.05, 0) is 67.6 Å². The van der Waals surface area contributed by atoms with E-state index in [1.54, 1.807) is 13.0 Å². The number of benzene rings is 2. The lowest BCUT2D eigenvalue weighted by Crippen LogP contribution is -1.97. The van der Waals surface area contributed by atoms with E-state index >= 15 is 0 Å². The molecule has 0 bridgehead atoms. The zero-order valence-electron chi connectivity index (χ0n) is 11.4. The van der Waals surface area contributed by atoms with E-state index in [0.717, 1.165) is 18.6 Å². The molecule has 0 amide bonds. The van der Waals surface area contributed by atoms with E-state index in [9.17, 15) is 9.50 Å². The molecule has 0 heterocycles. The normalized spacial score (nSPS) is 14.9. The van der Waals surface area contributed by atoms with Gasteiger partial charge in [-0.15, -0.1) is 0 Å². The van der Waals surface area contributed by atoms with Crippen LogP contribution in [0.1, 0.15) is 36.1 Å². The molecule has 0 aromatic heterocycles. The molecule has 1 N–H and O–H groups in total. The fraction of sp³-hybridized carbons (Fsp3) is 0.294. The van der Waals surface area contributed by atoms with E-state index in [1.807, 2.05) is 12.1 Å². The summed E-state index contributed by atoms with van der Waals surface area (Å²) in [4.78, 5) is 0. The van der Waals surface area contributed by atoms with Crippen LogP contribution >= 0.6 is 0 Å². The standard InChI is InChI=1S/C17H17FO2/c1-11(19)16-10-14(18)6-8-17(16)20-15-7-5-12-3-2-4-13(12)9-15/h5-11,19H,2-4H2,1H3/t11-/m1/s1. The number of aliphatic hydroxyl groups excluding tert-OH is 1. The first-order chi connectivity index (χ1) is 9.63. The molecular formula is C17H17FO2. The Morgan fingerprint density at radius 1 is 1.10 bits per heavy atom. The predicted octanol–water partition coefficient (Wildman–Crippen LogP) is 4.16. The molecule has 0 fully saturated rings. The number of hydrogen-bond acceptors (Lipinski definition) is 2. The first-order valence-electron chi connectivity index (χ1n) is 6.90. The van der Waals surface area contributed by atoms with Crippen LogP contribution in [0.2, 0.25) is 0 Å². The molecule has 2 aromatic carbocycles. The fourth-order valence-corrected chi connectivity index (χ4v) is 2.68. The highest BCUT2D eigenvalue weighted by molar-refractivity contribution is 5.43. The van der Waals surface area contributed by atoms with Gasteiger partial charge in [0.2, 0.25) is 0 Å². The molecule has 20 heavy (non-hydrogen) atoms. The second-order valence-electron chi connectivity index (χ2n) is 5.24. The van der Waals surface area contributed by atoms with E-state index in [2.05, 4.69) is 6.07 Å². The molecule has 0 aliphatic heterocycles. The van der Waals surface area contributed by atoms with Gasteiger partial charge in [-0.3, -0.25) is 0 Å². The van der Waals surface area contributed by atoms with E-state index in [0.29, 0.717) is 11.3 Å². The van der Waals surface area contributed by atoms with E-state index < -0.39 is 6.10 Å². The van der Waals surface area contributed by atoms with Crippen LogP contribution < -0.4 is 4.74 Å². The molecule has 0 spiro atoms. The second-order valence-corrected chi connectivity index (χ2v) is 5.24. The zero-order valence-corrected chi connectivity index (χ0v) is 11.4. The van der Waals surface area contributed by atoms with E-state index in [1.165, 1.54) is 29.7 Å². The minimum absolute atomic E-state index is 0.373. The molecule has 2 aromatic rings. The van der Waals surface area contributed by atoms with Gasteiger partial charge < -0.3 is 9.84 Å². The van der Waals surface area contributed by atoms with Gasteiger partial charge in [0, 0.05) is 5.56 Å². The Labute approximate surface area is 117 Å². The van der Waals surface area contributed by atoms with Gasteiger partial charge in [0.05, 0.1) is 6.10 Å². The third-order valence-corrected chi connectivity index (χ3v) is 3.72. The van der Waals surface area contributed by atoms with Crippen LogP contribution in [-0.4, -0.2) is 5.11 Å². The molecule has 1 atom stereocenters. The molecule has 1 aliphatic rings. The summed E-state index contributed by atoms with van der Waals surface area (Å²) in [6.45, 7) is 1.60. The molecule has 0 saturated carbocycles. The number of aryl methyl sites for hydroxylation is 2. The first-order valence-corrected chi connectivity index (χ1v) is 6.90. The third-order valence-electron chi connectivity index (χ3n) is 3.72. The number of halogens is 1. The van der Waals surface area contributed by atoms with Crippen molar-refractivity contribution >= 4 is 0 Å². The molecule has 0 unspecified atom stereocenters. The highest BCUT2D eigenvalue weighted by atomic mass is 19.1. The van der Waals surface area contributed by atoms with Crippen LogP contribution in [0.15, 0.2) is 36.4 Å². The van der Waals surface area contributed by atoms with Crippen LogP contribution in [0.3, 0.4) is 0 Å². The van der Waals surface area contributed by atoms with Crippen molar-refractivity contribution in [2.75, 3.05) is 0 Å².